The van der Waals surface area contributed by atoms with E-state index in [1.165, 1.54) is 30.2 Å². The number of hydrogen-bond acceptors (Lipinski definition) is 7. The van der Waals surface area contributed by atoms with Gasteiger partial charge in [0.15, 0.2) is 0 Å². The third kappa shape index (κ3) is 4.53. The first kappa shape index (κ1) is 21.4. The SMILES string of the molecule is Cc1cc(N2CCCCC2)nc(N2CCN(C(=O)Cn3cnc4ccccc4c3=O)CC2)n1. The summed E-state index contributed by atoms with van der Waals surface area (Å²) in [5, 5.41) is 0.527. The Morgan fingerprint density at radius 1 is 0.939 bits per heavy atom. The molecule has 4 heterocycles. The fraction of sp³-hybridized carbons (Fsp3) is 0.458. The van der Waals surface area contributed by atoms with Gasteiger partial charge in [-0.3, -0.25) is 14.2 Å². The number of fused-ring (bicyclic) bond motifs is 1. The third-order valence-electron chi connectivity index (χ3n) is 6.46. The monoisotopic (exact) mass is 447 g/mol. The number of piperazine rings is 1. The second kappa shape index (κ2) is 9.17. The van der Waals surface area contributed by atoms with Crippen molar-refractivity contribution >= 4 is 28.6 Å². The van der Waals surface area contributed by atoms with Crippen LogP contribution in [0.2, 0.25) is 0 Å². The summed E-state index contributed by atoms with van der Waals surface area (Å²) >= 11 is 0. The van der Waals surface area contributed by atoms with E-state index in [0.29, 0.717) is 37.1 Å². The van der Waals surface area contributed by atoms with E-state index in [0.717, 1.165) is 30.5 Å². The first-order chi connectivity index (χ1) is 16.1. The van der Waals surface area contributed by atoms with Gasteiger partial charge in [0.25, 0.3) is 5.56 Å². The standard InChI is InChI=1S/C24H29N7O2/c1-18-15-21(28-9-5-2-6-10-28)27-24(26-18)30-13-11-29(12-14-30)22(32)16-31-17-25-20-8-4-3-7-19(20)23(31)33/h3-4,7-8,15,17H,2,5-6,9-14,16H2,1H3. The largest absolute Gasteiger partial charge is 0.356 e. The molecule has 0 N–H and O–H groups in total. The molecule has 172 valence electrons. The number of hydrogen-bond donors (Lipinski definition) is 0. The van der Waals surface area contributed by atoms with E-state index in [-0.39, 0.29) is 18.0 Å². The van der Waals surface area contributed by atoms with Crippen molar-refractivity contribution in [3.8, 4) is 0 Å². The van der Waals surface area contributed by atoms with Crippen LogP contribution in [-0.2, 0) is 11.3 Å². The average molecular weight is 448 g/mol. The molecule has 1 aromatic carbocycles. The third-order valence-corrected chi connectivity index (χ3v) is 6.46. The van der Waals surface area contributed by atoms with E-state index in [9.17, 15) is 9.59 Å². The van der Waals surface area contributed by atoms with E-state index in [1.54, 1.807) is 23.1 Å². The molecule has 9 heteroatoms. The van der Waals surface area contributed by atoms with Crippen LogP contribution in [0.5, 0.6) is 0 Å². The second-order valence-electron chi connectivity index (χ2n) is 8.78. The zero-order chi connectivity index (χ0) is 22.8. The highest BCUT2D eigenvalue weighted by Gasteiger charge is 2.24. The molecule has 0 atom stereocenters. The number of aryl methyl sites for hydroxylation is 1. The molecule has 2 saturated heterocycles. The maximum absolute atomic E-state index is 12.9. The molecule has 33 heavy (non-hydrogen) atoms. The zero-order valence-electron chi connectivity index (χ0n) is 19.0. The van der Waals surface area contributed by atoms with Crippen LogP contribution in [0.25, 0.3) is 10.9 Å². The van der Waals surface area contributed by atoms with Gasteiger partial charge in [-0.15, -0.1) is 0 Å². The topological polar surface area (TPSA) is 87.5 Å². The first-order valence-corrected chi connectivity index (χ1v) is 11.7. The van der Waals surface area contributed by atoms with Gasteiger partial charge in [0.1, 0.15) is 12.4 Å². The minimum absolute atomic E-state index is 0.00325. The summed E-state index contributed by atoms with van der Waals surface area (Å²) in [5.41, 5.74) is 1.41. The van der Waals surface area contributed by atoms with E-state index in [1.807, 2.05) is 13.0 Å². The quantitative estimate of drug-likeness (QED) is 0.603. The summed E-state index contributed by atoms with van der Waals surface area (Å²) in [6.45, 7) is 6.57. The molecule has 0 aliphatic carbocycles. The number of piperidine rings is 1. The summed E-state index contributed by atoms with van der Waals surface area (Å²) in [6, 6.07) is 9.25. The van der Waals surface area contributed by atoms with Crippen molar-refractivity contribution in [2.24, 2.45) is 0 Å². The first-order valence-electron chi connectivity index (χ1n) is 11.7. The van der Waals surface area contributed by atoms with Gasteiger partial charge in [-0.2, -0.15) is 4.98 Å². The minimum Gasteiger partial charge on any atom is -0.356 e. The Balaban J connectivity index is 1.24. The van der Waals surface area contributed by atoms with E-state index >= 15 is 0 Å². The minimum atomic E-state index is -0.189. The van der Waals surface area contributed by atoms with Crippen LogP contribution in [-0.4, -0.2) is 69.6 Å². The highest BCUT2D eigenvalue weighted by molar-refractivity contribution is 5.79. The second-order valence-corrected chi connectivity index (χ2v) is 8.78. The van der Waals surface area contributed by atoms with Crippen molar-refractivity contribution in [2.75, 3.05) is 49.1 Å². The van der Waals surface area contributed by atoms with Crippen molar-refractivity contribution < 1.29 is 4.79 Å². The molecule has 0 radical (unpaired) electrons. The highest BCUT2D eigenvalue weighted by Crippen LogP contribution is 2.22. The smallest absolute Gasteiger partial charge is 0.261 e. The van der Waals surface area contributed by atoms with Gasteiger partial charge in [0, 0.05) is 51.0 Å². The molecular formula is C24H29N7O2. The number of benzene rings is 1. The van der Waals surface area contributed by atoms with Crippen molar-refractivity contribution in [3.63, 3.8) is 0 Å². The van der Waals surface area contributed by atoms with Crippen LogP contribution in [0.4, 0.5) is 11.8 Å². The fourth-order valence-electron chi connectivity index (χ4n) is 4.58. The van der Waals surface area contributed by atoms with Gasteiger partial charge in [-0.25, -0.2) is 9.97 Å². The number of rotatable bonds is 4. The average Bonchev–Trinajstić information content (AvgIpc) is 2.86. The van der Waals surface area contributed by atoms with Crippen LogP contribution in [0.15, 0.2) is 41.5 Å². The van der Waals surface area contributed by atoms with Crippen molar-refractivity contribution in [1.82, 2.24) is 24.4 Å². The maximum atomic E-state index is 12.9. The van der Waals surface area contributed by atoms with Crippen molar-refractivity contribution in [3.05, 3.63) is 52.7 Å². The Morgan fingerprint density at radius 3 is 2.48 bits per heavy atom. The number of aromatic nitrogens is 4. The summed E-state index contributed by atoms with van der Waals surface area (Å²) in [5.74, 6) is 1.66. The summed E-state index contributed by atoms with van der Waals surface area (Å²) in [4.78, 5) is 45.7. The fourth-order valence-corrected chi connectivity index (χ4v) is 4.58. The molecule has 3 aromatic rings. The molecule has 2 aliphatic rings. The van der Waals surface area contributed by atoms with E-state index in [4.69, 9.17) is 4.98 Å². The summed E-state index contributed by atoms with van der Waals surface area (Å²) < 4.78 is 1.39. The Morgan fingerprint density at radius 2 is 1.70 bits per heavy atom. The van der Waals surface area contributed by atoms with Crippen molar-refractivity contribution in [2.45, 2.75) is 32.7 Å². The Labute approximate surface area is 192 Å². The van der Waals surface area contributed by atoms with Crippen LogP contribution in [0.1, 0.15) is 25.0 Å². The van der Waals surface area contributed by atoms with Gasteiger partial charge in [-0.1, -0.05) is 12.1 Å². The maximum Gasteiger partial charge on any atom is 0.261 e. The number of para-hydroxylation sites is 1. The lowest BCUT2D eigenvalue weighted by atomic mass is 10.1. The Kier molecular flexibility index (Phi) is 5.93. The normalized spacial score (nSPS) is 16.9. The predicted molar refractivity (Wildman–Crippen MR) is 128 cm³/mol. The number of anilines is 2. The lowest BCUT2D eigenvalue weighted by Gasteiger charge is -2.35. The molecular weight excluding hydrogens is 418 g/mol. The molecule has 5 rings (SSSR count). The number of carbonyl (C=O) groups is 1. The van der Waals surface area contributed by atoms with Crippen LogP contribution in [0.3, 0.4) is 0 Å². The number of amides is 1. The lowest BCUT2D eigenvalue weighted by molar-refractivity contribution is -0.132. The molecule has 1 amide bonds. The molecule has 2 aliphatic heterocycles. The number of nitrogens with zero attached hydrogens (tertiary/aromatic N) is 7. The summed E-state index contributed by atoms with van der Waals surface area (Å²) in [7, 11) is 0. The van der Waals surface area contributed by atoms with Gasteiger partial charge in [-0.05, 0) is 38.3 Å². The summed E-state index contributed by atoms with van der Waals surface area (Å²) in [6.07, 6.45) is 5.15. The predicted octanol–water partition coefficient (Wildman–Crippen LogP) is 1.83. The highest BCUT2D eigenvalue weighted by atomic mass is 16.2. The molecule has 2 aromatic heterocycles. The molecule has 9 nitrogen and oxygen atoms in total. The number of carbonyl (C=O) groups excluding carboxylic acids is 1. The Hall–Kier alpha value is -3.49. The van der Waals surface area contributed by atoms with Crippen molar-refractivity contribution in [1.29, 1.82) is 0 Å². The molecule has 0 saturated carbocycles. The van der Waals surface area contributed by atoms with Gasteiger partial charge < -0.3 is 14.7 Å². The van der Waals surface area contributed by atoms with Gasteiger partial charge in [0.05, 0.1) is 17.2 Å². The molecule has 2 fully saturated rings. The molecule has 0 unspecified atom stereocenters. The van der Waals surface area contributed by atoms with Crippen LogP contribution >= 0.6 is 0 Å². The van der Waals surface area contributed by atoms with Gasteiger partial charge in [0.2, 0.25) is 11.9 Å². The molecule has 0 bridgehead atoms. The van der Waals surface area contributed by atoms with E-state index < -0.39 is 0 Å². The molecule has 0 spiro atoms. The Bertz CT molecular complexity index is 1210. The van der Waals surface area contributed by atoms with Crippen LogP contribution in [0, 0.1) is 6.92 Å². The zero-order valence-corrected chi connectivity index (χ0v) is 19.0. The van der Waals surface area contributed by atoms with Gasteiger partial charge >= 0.3 is 0 Å². The van der Waals surface area contributed by atoms with E-state index in [2.05, 4.69) is 25.8 Å². The van der Waals surface area contributed by atoms with Crippen LogP contribution < -0.4 is 15.4 Å². The lowest BCUT2D eigenvalue weighted by Crippen LogP contribution is -2.50.